The second-order valence-corrected chi connectivity index (χ2v) is 33.9. The summed E-state index contributed by atoms with van der Waals surface area (Å²) in [6.45, 7) is 1.68. The predicted octanol–water partition coefficient (Wildman–Crippen LogP) is 20.2. The van der Waals surface area contributed by atoms with Gasteiger partial charge in [0.05, 0.1) is 74.7 Å². The van der Waals surface area contributed by atoms with Crippen LogP contribution in [0.5, 0.6) is 0 Å². The third kappa shape index (κ3) is 21.9. The number of hydrogen-bond acceptors (Lipinski definition) is 22. The van der Waals surface area contributed by atoms with Crippen LogP contribution >= 0.6 is 22.7 Å². The maximum Gasteiger partial charge on any atom is 0.357 e. The number of carboxylic acids is 2. The molecule has 0 fully saturated rings. The van der Waals surface area contributed by atoms with Crippen molar-refractivity contribution in [3.8, 4) is 89.1 Å². The number of anilines is 4. The van der Waals surface area contributed by atoms with Gasteiger partial charge in [0.15, 0.2) is 11.4 Å². The van der Waals surface area contributed by atoms with Crippen molar-refractivity contribution in [2.45, 2.75) is 49.4 Å². The fraction of sp³-hybridized carbons (Fsp3) is 0.113. The Balaban J connectivity index is 0.000000127. The lowest BCUT2D eigenvalue weighted by Crippen LogP contribution is -2.23. The SMILES string of the molecule is NCCC(C(=O)Nc1ccc2[nH]nc(-c3ccc(-c4nc(C(=O)O)co4)cc3)c2c1)c1ccccc1.NCCC(C(=O)Nc1ccc2[nH]nc(-c3ccc(-c4nc(C(=O)O)cs4)cc3)c2c1)c1ccccc1.NCCC(C(=O)Nc1ccc2[nH]nc(-c3ccc(-c4ncco4)cc3)c2c1)c1ccccc1.NCCC(C(=O)Nc1ccc2[nH]nc(-c3ccc(-c4nccs4)cc3)c2c1)c1ccccc1. The number of nitrogens with one attached hydrogen (secondary N) is 8. The number of nitrogens with two attached hydrogens (primary N) is 4. The van der Waals surface area contributed by atoms with Gasteiger partial charge in [-0.1, -0.05) is 194 Å². The van der Waals surface area contributed by atoms with Gasteiger partial charge in [-0.15, -0.1) is 22.7 Å². The van der Waals surface area contributed by atoms with Crippen molar-refractivity contribution in [1.29, 1.82) is 0 Å². The van der Waals surface area contributed by atoms with Gasteiger partial charge >= 0.3 is 11.9 Å². The number of rotatable bonds is 30. The molecule has 688 valence electrons. The van der Waals surface area contributed by atoms with Gasteiger partial charge in [0.1, 0.15) is 22.5 Å². The van der Waals surface area contributed by atoms with Crippen LogP contribution in [0.3, 0.4) is 0 Å². The average Bonchev–Trinajstić information content (AvgIpc) is 1.65. The van der Waals surface area contributed by atoms with Crippen LogP contribution in [0.15, 0.2) is 336 Å². The zero-order chi connectivity index (χ0) is 95.4. The third-order valence-corrected chi connectivity index (χ3v) is 24.9. The number of H-pyrrole nitrogens is 4. The normalized spacial score (nSPS) is 12.0. The van der Waals surface area contributed by atoms with E-state index in [4.69, 9.17) is 42.0 Å². The van der Waals surface area contributed by atoms with Crippen LogP contribution in [0, 0.1) is 0 Å². The fourth-order valence-electron chi connectivity index (χ4n) is 16.2. The summed E-state index contributed by atoms with van der Waals surface area (Å²) in [7, 11) is 0. The van der Waals surface area contributed by atoms with E-state index >= 15 is 0 Å². The first-order valence-corrected chi connectivity index (χ1v) is 46.0. The Bertz CT molecular complexity index is 7120. The number of carbonyl (C=O) groups is 6. The van der Waals surface area contributed by atoms with Crippen molar-refractivity contribution in [2.75, 3.05) is 47.4 Å². The third-order valence-electron chi connectivity index (χ3n) is 23.1. The number of aromatic nitrogens is 12. The molecule has 12 aromatic carbocycles. The van der Waals surface area contributed by atoms with Crippen molar-refractivity contribution < 1.29 is 47.8 Å². The first-order chi connectivity index (χ1) is 67.5. The van der Waals surface area contributed by atoms with Crippen LogP contribution in [0.25, 0.3) is 133 Å². The number of amides is 4. The molecule has 0 spiro atoms. The summed E-state index contributed by atoms with van der Waals surface area (Å²) in [5.74, 6) is -3.05. The standard InChI is InChI=1S/C27H23N5O4.C27H23N5O3S.C26H23N5O2.C26H23N5OS/c2*28-13-12-20(16-4-2-1-3-5-16)25(33)29-19-10-11-22-21(14-19)24(32-31-22)17-6-8-18(9-7-17)26-30-23(15-36-26)27(34)35;2*27-13-12-21(17-4-2-1-3-5-17)25(32)29-20-10-11-23-22(16-20)24(31-30-23)18-6-8-19(9-7-18)26-28-14-15-33-26/h2*1-11,14-15,20H,12-13,28H2,(H,29,33)(H,31,32)(H,34,35);2*1-11,14-16,21H,12-13,27H2,(H,29,32)(H,30,31). The second-order valence-electron chi connectivity index (χ2n) is 32.1. The molecule has 0 aliphatic heterocycles. The quantitative estimate of drug-likeness (QED) is 0.0199. The molecule has 0 saturated heterocycles. The summed E-state index contributed by atoms with van der Waals surface area (Å²) in [6, 6.07) is 92.4. The Morgan fingerprint density at radius 3 is 0.920 bits per heavy atom. The number of fused-ring (bicyclic) bond motifs is 4. The summed E-state index contributed by atoms with van der Waals surface area (Å²) in [5, 5.41) is 69.2. The van der Waals surface area contributed by atoms with E-state index in [9.17, 15) is 28.8 Å². The Kier molecular flexibility index (Phi) is 29.4. The Morgan fingerprint density at radius 2 is 0.638 bits per heavy atom. The molecule has 0 saturated carbocycles. The summed E-state index contributed by atoms with van der Waals surface area (Å²) >= 11 is 2.90. The van der Waals surface area contributed by atoms with E-state index in [2.05, 4.69) is 94.1 Å². The summed E-state index contributed by atoms with van der Waals surface area (Å²) in [6.07, 6.45) is 8.34. The van der Waals surface area contributed by atoms with Crippen LogP contribution in [0.1, 0.15) is 92.6 Å². The number of aromatic carboxylic acids is 2. The molecule has 0 aliphatic carbocycles. The van der Waals surface area contributed by atoms with Crippen LogP contribution in [0.4, 0.5) is 22.7 Å². The molecule has 18 N–H and O–H groups in total. The molecule has 30 nitrogen and oxygen atoms in total. The first-order valence-electron chi connectivity index (χ1n) is 44.3. The number of oxazole rings is 2. The molecule has 0 aliphatic rings. The minimum Gasteiger partial charge on any atom is -0.476 e. The number of benzene rings is 12. The highest BCUT2D eigenvalue weighted by Gasteiger charge is 2.27. The van der Waals surface area contributed by atoms with Crippen LogP contribution in [-0.2, 0) is 19.2 Å². The molecule has 20 aromatic rings. The van der Waals surface area contributed by atoms with Crippen LogP contribution in [0.2, 0.25) is 0 Å². The summed E-state index contributed by atoms with van der Waals surface area (Å²) in [5.41, 5.74) is 43.3. The minimum atomic E-state index is -1.15. The second kappa shape index (κ2) is 43.7. The topological polar surface area (TPSA) is 488 Å². The summed E-state index contributed by atoms with van der Waals surface area (Å²) < 4.78 is 10.6. The molecule has 4 amide bonds. The molecule has 0 radical (unpaired) electrons. The lowest BCUT2D eigenvalue weighted by atomic mass is 9.94. The molecule has 8 heterocycles. The summed E-state index contributed by atoms with van der Waals surface area (Å²) in [4.78, 5) is 91.2. The largest absolute Gasteiger partial charge is 0.476 e. The number of nitrogens with zero attached hydrogens (tertiary/aromatic N) is 8. The van der Waals surface area contributed by atoms with Crippen molar-refractivity contribution >= 4 is 125 Å². The fourth-order valence-corrected chi connectivity index (χ4v) is 17.6. The van der Waals surface area contributed by atoms with Gasteiger partial charge < -0.3 is 63.2 Å². The van der Waals surface area contributed by atoms with Crippen molar-refractivity contribution in [3.05, 3.63) is 361 Å². The maximum atomic E-state index is 13.1. The zero-order valence-electron chi connectivity index (χ0n) is 74.0. The zero-order valence-corrected chi connectivity index (χ0v) is 75.6. The van der Waals surface area contributed by atoms with E-state index in [1.54, 1.807) is 42.1 Å². The lowest BCUT2D eigenvalue weighted by Gasteiger charge is -2.16. The number of hydrogen-bond donors (Lipinski definition) is 14. The molecule has 4 unspecified atom stereocenters. The van der Waals surface area contributed by atoms with Gasteiger partial charge in [-0.3, -0.25) is 39.6 Å². The molecule has 20 rings (SSSR count). The van der Waals surface area contributed by atoms with Crippen LogP contribution < -0.4 is 44.2 Å². The molecular weight excluding hydrogens is 1780 g/mol. The van der Waals surface area contributed by atoms with E-state index < -0.39 is 11.9 Å². The molecule has 8 aromatic heterocycles. The smallest absolute Gasteiger partial charge is 0.357 e. The monoisotopic (exact) mass is 1870 g/mol. The minimum absolute atomic E-state index is 0.0351. The molecule has 32 heteroatoms. The highest BCUT2D eigenvalue weighted by Crippen LogP contribution is 2.39. The van der Waals surface area contributed by atoms with E-state index in [0.717, 1.165) is 139 Å². The molecule has 4 atom stereocenters. The van der Waals surface area contributed by atoms with Gasteiger partial charge in [-0.05, 0) is 171 Å². The number of carbonyl (C=O) groups excluding carboxylic acids is 4. The average molecular weight is 1870 g/mol. The van der Waals surface area contributed by atoms with E-state index in [1.807, 2.05) is 272 Å². The lowest BCUT2D eigenvalue weighted by molar-refractivity contribution is -0.118. The van der Waals surface area contributed by atoms with Crippen molar-refractivity contribution in [3.63, 3.8) is 0 Å². The Labute approximate surface area is 797 Å². The van der Waals surface area contributed by atoms with Gasteiger partial charge in [-0.2, -0.15) is 20.4 Å². The van der Waals surface area contributed by atoms with Crippen molar-refractivity contribution in [2.24, 2.45) is 22.9 Å². The van der Waals surface area contributed by atoms with Gasteiger partial charge in [0.2, 0.25) is 35.4 Å². The van der Waals surface area contributed by atoms with Gasteiger partial charge in [0, 0.05) is 106 Å². The highest BCUT2D eigenvalue weighted by atomic mass is 32.1. The Morgan fingerprint density at radius 1 is 0.326 bits per heavy atom. The number of aromatic amines is 4. The predicted molar refractivity (Wildman–Crippen MR) is 539 cm³/mol. The van der Waals surface area contributed by atoms with Crippen molar-refractivity contribution in [1.82, 2.24) is 60.7 Å². The van der Waals surface area contributed by atoms with Crippen LogP contribution in [-0.4, -0.2) is 133 Å². The van der Waals surface area contributed by atoms with E-state index in [1.165, 1.54) is 16.7 Å². The van der Waals surface area contributed by atoms with E-state index in [0.29, 0.717) is 91.1 Å². The molecule has 138 heavy (non-hydrogen) atoms. The number of thiazole rings is 2. The highest BCUT2D eigenvalue weighted by molar-refractivity contribution is 7.13. The maximum absolute atomic E-state index is 13.1. The van der Waals surface area contributed by atoms with Gasteiger partial charge in [-0.25, -0.2) is 29.5 Å². The first kappa shape index (κ1) is 92.7. The molecule has 0 bridgehead atoms. The Hall–Kier alpha value is -17.1. The van der Waals surface area contributed by atoms with Gasteiger partial charge in [0.25, 0.3) is 0 Å². The molecular formula is C106H92N20O10S2. The number of carboxylic acid groups (broad SMARTS) is 2. The van der Waals surface area contributed by atoms with E-state index in [-0.39, 0.29) is 64.6 Å².